The second-order valence-corrected chi connectivity index (χ2v) is 7.17. The number of aryl methyl sites for hydroxylation is 1. The fraction of sp³-hybridized carbons (Fsp3) is 0.304. The van der Waals surface area contributed by atoms with Gasteiger partial charge in [0.05, 0.1) is 33.3 Å². The Hall–Kier alpha value is -2.52. The van der Waals surface area contributed by atoms with E-state index >= 15 is 0 Å². The van der Waals surface area contributed by atoms with Gasteiger partial charge >= 0.3 is 0 Å². The predicted octanol–water partition coefficient (Wildman–Crippen LogP) is 3.06. The summed E-state index contributed by atoms with van der Waals surface area (Å²) in [6.45, 7) is 7.87. The second kappa shape index (κ2) is 7.38. The Morgan fingerprint density at radius 2 is 1.58 bits per heavy atom. The molecule has 0 spiro atoms. The number of nitrogens with zero attached hydrogens (tertiary/aromatic N) is 1. The summed E-state index contributed by atoms with van der Waals surface area (Å²) >= 11 is 0. The largest absolute Gasteiger partial charge is 0.496 e. The average molecular weight is 347 g/mol. The molecule has 0 atom stereocenters. The Labute approximate surface area is 155 Å². The average Bonchev–Trinajstić information content (AvgIpc) is 2.69. The minimum absolute atomic E-state index is 0.962. The van der Waals surface area contributed by atoms with Crippen molar-refractivity contribution in [1.29, 1.82) is 0 Å². The van der Waals surface area contributed by atoms with Gasteiger partial charge in [-0.25, -0.2) is 0 Å². The summed E-state index contributed by atoms with van der Waals surface area (Å²) in [5.74, 6) is 0.962. The van der Waals surface area contributed by atoms with E-state index < -0.39 is 0 Å². The van der Waals surface area contributed by atoms with Crippen LogP contribution in [0.25, 0.3) is 10.8 Å². The first-order valence-electron chi connectivity index (χ1n) is 9.45. The van der Waals surface area contributed by atoms with E-state index in [0.29, 0.717) is 0 Å². The molecule has 3 heteroatoms. The number of piperazine rings is 1. The number of hydrogen-bond donors (Lipinski definition) is 1. The molecule has 3 aromatic rings. The second-order valence-electron chi connectivity index (χ2n) is 7.17. The van der Waals surface area contributed by atoms with Crippen molar-refractivity contribution in [3.8, 4) is 5.75 Å². The predicted molar refractivity (Wildman–Crippen MR) is 108 cm³/mol. The molecule has 26 heavy (non-hydrogen) atoms. The molecule has 0 aliphatic carbocycles. The lowest BCUT2D eigenvalue weighted by Gasteiger charge is -2.34. The quantitative estimate of drug-likeness (QED) is 0.781. The van der Waals surface area contributed by atoms with Crippen molar-refractivity contribution in [1.82, 2.24) is 0 Å². The molecule has 134 valence electrons. The molecule has 0 saturated carbocycles. The number of ether oxygens (including phenoxy) is 1. The van der Waals surface area contributed by atoms with E-state index in [-0.39, 0.29) is 0 Å². The van der Waals surface area contributed by atoms with E-state index in [4.69, 9.17) is 4.74 Å². The van der Waals surface area contributed by atoms with Crippen LogP contribution in [0.15, 0.2) is 60.7 Å². The number of anilines is 1. The maximum Gasteiger partial charge on any atom is 0.126 e. The summed E-state index contributed by atoms with van der Waals surface area (Å²) in [5, 5.41) is 2.53. The highest BCUT2D eigenvalue weighted by atomic mass is 16.5. The molecular formula is C23H27N2O+. The Bertz CT molecular complexity index is 898. The molecule has 1 heterocycles. The Morgan fingerprint density at radius 1 is 0.885 bits per heavy atom. The smallest absolute Gasteiger partial charge is 0.126 e. The summed E-state index contributed by atoms with van der Waals surface area (Å²) in [7, 11) is 1.75. The highest BCUT2D eigenvalue weighted by Crippen LogP contribution is 2.28. The van der Waals surface area contributed by atoms with Crippen molar-refractivity contribution in [3.63, 3.8) is 0 Å². The zero-order valence-corrected chi connectivity index (χ0v) is 15.7. The number of nitrogens with one attached hydrogen (secondary N) is 1. The number of para-hydroxylation sites is 1. The van der Waals surface area contributed by atoms with Crippen LogP contribution in [-0.2, 0) is 6.54 Å². The van der Waals surface area contributed by atoms with Crippen molar-refractivity contribution in [2.24, 2.45) is 0 Å². The van der Waals surface area contributed by atoms with E-state index in [1.54, 1.807) is 12.0 Å². The Morgan fingerprint density at radius 3 is 2.31 bits per heavy atom. The van der Waals surface area contributed by atoms with E-state index in [0.717, 1.165) is 25.4 Å². The molecule has 1 aliphatic heterocycles. The first-order chi connectivity index (χ1) is 12.8. The molecule has 1 saturated heterocycles. The maximum atomic E-state index is 5.53. The summed E-state index contributed by atoms with van der Waals surface area (Å²) in [6.07, 6.45) is 0. The molecule has 0 aromatic heterocycles. The molecule has 4 rings (SSSR count). The van der Waals surface area contributed by atoms with Crippen molar-refractivity contribution in [3.05, 3.63) is 71.8 Å². The number of quaternary nitrogens is 1. The van der Waals surface area contributed by atoms with Gasteiger partial charge in [-0.05, 0) is 36.1 Å². The lowest BCUT2D eigenvalue weighted by molar-refractivity contribution is -0.914. The van der Waals surface area contributed by atoms with E-state index in [1.807, 2.05) is 0 Å². The van der Waals surface area contributed by atoms with Gasteiger partial charge in [0.2, 0.25) is 0 Å². The fourth-order valence-electron chi connectivity index (χ4n) is 4.09. The molecule has 3 aromatic carbocycles. The lowest BCUT2D eigenvalue weighted by Crippen LogP contribution is -3.13. The van der Waals surface area contributed by atoms with Crippen LogP contribution >= 0.6 is 0 Å². The van der Waals surface area contributed by atoms with Gasteiger partial charge in [-0.1, -0.05) is 42.5 Å². The van der Waals surface area contributed by atoms with Gasteiger partial charge in [0.1, 0.15) is 12.3 Å². The first kappa shape index (κ1) is 16.9. The van der Waals surface area contributed by atoms with Crippen LogP contribution < -0.4 is 14.5 Å². The molecule has 0 amide bonds. The van der Waals surface area contributed by atoms with Gasteiger partial charge < -0.3 is 14.5 Å². The number of benzene rings is 3. The standard InChI is InChI=1S/C23H26N2O/c1-18-7-3-6-10-22(18)25-15-13-24(14-16-25)17-19-11-12-23(26-2)21-9-5-4-8-20(19)21/h3-12H,13-17H2,1-2H3/p+1. The molecular weight excluding hydrogens is 320 g/mol. The van der Waals surface area contributed by atoms with Gasteiger partial charge in [0.15, 0.2) is 0 Å². The number of fused-ring (bicyclic) bond motifs is 1. The summed E-state index contributed by atoms with van der Waals surface area (Å²) < 4.78 is 5.53. The SMILES string of the molecule is COc1ccc(C[NH+]2CCN(c3ccccc3C)CC2)c2ccccc12. The molecule has 1 fully saturated rings. The third-order valence-corrected chi connectivity index (χ3v) is 5.56. The highest BCUT2D eigenvalue weighted by molar-refractivity contribution is 5.90. The van der Waals surface area contributed by atoms with Gasteiger partial charge in [-0.15, -0.1) is 0 Å². The van der Waals surface area contributed by atoms with Crippen LogP contribution in [0.2, 0.25) is 0 Å². The van der Waals surface area contributed by atoms with Crippen LogP contribution in [0.1, 0.15) is 11.1 Å². The number of hydrogen-bond acceptors (Lipinski definition) is 2. The summed E-state index contributed by atoms with van der Waals surface area (Å²) in [5.41, 5.74) is 4.18. The topological polar surface area (TPSA) is 16.9 Å². The van der Waals surface area contributed by atoms with Crippen molar-refractivity contribution in [2.45, 2.75) is 13.5 Å². The van der Waals surface area contributed by atoms with Crippen molar-refractivity contribution < 1.29 is 9.64 Å². The first-order valence-corrected chi connectivity index (χ1v) is 9.45. The molecule has 1 aliphatic rings. The van der Waals surface area contributed by atoms with E-state index in [1.165, 1.54) is 40.7 Å². The normalized spacial score (nSPS) is 15.4. The Balaban J connectivity index is 1.48. The summed E-state index contributed by atoms with van der Waals surface area (Å²) in [4.78, 5) is 4.19. The zero-order valence-electron chi connectivity index (χ0n) is 15.7. The molecule has 1 N–H and O–H groups in total. The van der Waals surface area contributed by atoms with Crippen molar-refractivity contribution >= 4 is 16.5 Å². The summed E-state index contributed by atoms with van der Waals surface area (Å²) in [6, 6.07) is 21.6. The molecule has 0 radical (unpaired) electrons. The number of methoxy groups -OCH3 is 1. The maximum absolute atomic E-state index is 5.53. The van der Waals surface area contributed by atoms with Crippen LogP contribution in [0.4, 0.5) is 5.69 Å². The van der Waals surface area contributed by atoms with E-state index in [2.05, 4.69) is 72.5 Å². The minimum Gasteiger partial charge on any atom is -0.496 e. The van der Waals surface area contributed by atoms with Gasteiger partial charge in [-0.3, -0.25) is 0 Å². The highest BCUT2D eigenvalue weighted by Gasteiger charge is 2.22. The third-order valence-electron chi connectivity index (χ3n) is 5.56. The molecule has 0 bridgehead atoms. The monoisotopic (exact) mass is 347 g/mol. The molecule has 0 unspecified atom stereocenters. The zero-order chi connectivity index (χ0) is 17.9. The Kier molecular flexibility index (Phi) is 4.81. The fourth-order valence-corrected chi connectivity index (χ4v) is 4.09. The minimum atomic E-state index is 0.962. The van der Waals surface area contributed by atoms with Gasteiger partial charge in [0, 0.05) is 16.6 Å². The van der Waals surface area contributed by atoms with Crippen LogP contribution in [0, 0.1) is 6.92 Å². The third kappa shape index (κ3) is 3.27. The molecule has 3 nitrogen and oxygen atoms in total. The number of rotatable bonds is 4. The van der Waals surface area contributed by atoms with Crippen molar-refractivity contribution in [2.75, 3.05) is 38.2 Å². The van der Waals surface area contributed by atoms with Crippen LogP contribution in [0.5, 0.6) is 5.75 Å². The van der Waals surface area contributed by atoms with Gasteiger partial charge in [-0.2, -0.15) is 0 Å². The van der Waals surface area contributed by atoms with Crippen LogP contribution in [0.3, 0.4) is 0 Å². The van der Waals surface area contributed by atoms with E-state index in [9.17, 15) is 0 Å². The lowest BCUT2D eigenvalue weighted by atomic mass is 10.0. The van der Waals surface area contributed by atoms with Gasteiger partial charge in [0.25, 0.3) is 0 Å². The van der Waals surface area contributed by atoms with Crippen LogP contribution in [-0.4, -0.2) is 33.3 Å².